The van der Waals surface area contributed by atoms with E-state index >= 15 is 0 Å². The van der Waals surface area contributed by atoms with Crippen LogP contribution in [0.4, 0.5) is 16.3 Å². The molecule has 0 saturated heterocycles. The van der Waals surface area contributed by atoms with Gasteiger partial charge in [-0.2, -0.15) is 0 Å². The zero-order valence-corrected chi connectivity index (χ0v) is 16.5. The Bertz CT molecular complexity index is 755. The van der Waals surface area contributed by atoms with Gasteiger partial charge in [0.25, 0.3) is 0 Å². The predicted octanol–water partition coefficient (Wildman–Crippen LogP) is 2.15. The molecule has 9 heteroatoms. The van der Waals surface area contributed by atoms with Crippen LogP contribution in [0.1, 0.15) is 19.5 Å². The minimum atomic E-state index is -1.02. The molecule has 0 aliphatic rings. The standard InChI is InChI=1S/C18H25N5O3S/c1-12(2)27(25)11-15-10-16(19)23-17(21-15)13-4-6-14(7-5-13)22-18(24)20-8-9-26-3/h4-7,10,12H,8-9,11H2,1-3H3,(H2,19,21,23)(H2,20,22,24). The van der Waals surface area contributed by atoms with Crippen LogP contribution < -0.4 is 16.4 Å². The number of urea groups is 1. The normalized spacial score (nSPS) is 12.0. The van der Waals surface area contributed by atoms with Crippen LogP contribution in [0.5, 0.6) is 0 Å². The van der Waals surface area contributed by atoms with E-state index in [0.717, 1.165) is 5.56 Å². The fraction of sp³-hybridized carbons (Fsp3) is 0.389. The van der Waals surface area contributed by atoms with Crippen molar-refractivity contribution in [1.29, 1.82) is 0 Å². The van der Waals surface area contributed by atoms with Crippen molar-refractivity contribution >= 4 is 28.7 Å². The molecular formula is C18H25N5O3S. The lowest BCUT2D eigenvalue weighted by molar-refractivity contribution is 0.198. The van der Waals surface area contributed by atoms with Crippen molar-refractivity contribution in [1.82, 2.24) is 15.3 Å². The second-order valence-electron chi connectivity index (χ2n) is 6.13. The number of amides is 2. The van der Waals surface area contributed by atoms with E-state index in [1.165, 1.54) is 0 Å². The molecule has 2 amide bonds. The van der Waals surface area contributed by atoms with Crippen molar-refractivity contribution in [2.45, 2.75) is 24.9 Å². The zero-order valence-electron chi connectivity index (χ0n) is 15.7. The average molecular weight is 391 g/mol. The zero-order chi connectivity index (χ0) is 19.8. The summed E-state index contributed by atoms with van der Waals surface area (Å²) in [6, 6.07) is 8.43. The largest absolute Gasteiger partial charge is 0.616 e. The number of anilines is 2. The Morgan fingerprint density at radius 1 is 1.30 bits per heavy atom. The third-order valence-electron chi connectivity index (χ3n) is 3.61. The molecule has 0 radical (unpaired) electrons. The van der Waals surface area contributed by atoms with Gasteiger partial charge in [-0.05, 0) is 49.3 Å². The van der Waals surface area contributed by atoms with Crippen LogP contribution in [-0.2, 0) is 21.7 Å². The van der Waals surface area contributed by atoms with Crippen LogP contribution in [0.2, 0.25) is 0 Å². The van der Waals surface area contributed by atoms with E-state index in [2.05, 4.69) is 20.6 Å². The number of methoxy groups -OCH3 is 1. The maximum absolute atomic E-state index is 12.1. The minimum absolute atomic E-state index is 0.0463. The molecule has 27 heavy (non-hydrogen) atoms. The number of hydrogen-bond donors (Lipinski definition) is 3. The fourth-order valence-corrected chi connectivity index (χ4v) is 2.95. The molecule has 1 unspecified atom stereocenters. The second-order valence-corrected chi connectivity index (χ2v) is 8.13. The number of nitrogens with one attached hydrogen (secondary N) is 2. The van der Waals surface area contributed by atoms with E-state index < -0.39 is 11.2 Å². The first-order valence-corrected chi connectivity index (χ1v) is 9.92. The number of aromatic nitrogens is 2. The summed E-state index contributed by atoms with van der Waals surface area (Å²) in [7, 11) is 1.57. The number of hydrogen-bond acceptors (Lipinski definition) is 6. The highest BCUT2D eigenvalue weighted by molar-refractivity contribution is 7.91. The number of rotatable bonds is 8. The molecule has 146 valence electrons. The number of ether oxygens (including phenoxy) is 1. The predicted molar refractivity (Wildman–Crippen MR) is 108 cm³/mol. The minimum Gasteiger partial charge on any atom is -0.616 e. The van der Waals surface area contributed by atoms with E-state index in [-0.39, 0.29) is 11.3 Å². The number of nitrogens with zero attached hydrogens (tertiary/aromatic N) is 2. The number of nitrogens with two attached hydrogens (primary N) is 1. The van der Waals surface area contributed by atoms with Gasteiger partial charge in [0.2, 0.25) is 0 Å². The highest BCUT2D eigenvalue weighted by Crippen LogP contribution is 2.21. The number of nitrogen functional groups attached to an aromatic ring is 1. The molecule has 8 nitrogen and oxygen atoms in total. The molecule has 4 N–H and O–H groups in total. The molecule has 1 aromatic carbocycles. The fourth-order valence-electron chi connectivity index (χ4n) is 2.18. The monoisotopic (exact) mass is 391 g/mol. The highest BCUT2D eigenvalue weighted by Gasteiger charge is 2.15. The first-order valence-electron chi connectivity index (χ1n) is 8.54. The van der Waals surface area contributed by atoms with Gasteiger partial charge < -0.3 is 25.7 Å². The molecule has 1 atom stereocenters. The van der Waals surface area contributed by atoms with Crippen LogP contribution in [0, 0.1) is 0 Å². The maximum Gasteiger partial charge on any atom is 0.319 e. The summed E-state index contributed by atoms with van der Waals surface area (Å²) < 4.78 is 16.9. The van der Waals surface area contributed by atoms with Gasteiger partial charge >= 0.3 is 6.03 Å². The quantitative estimate of drug-likeness (QED) is 0.468. The Hall–Kier alpha value is -2.36. The number of carbonyl (C=O) groups is 1. The van der Waals surface area contributed by atoms with E-state index in [4.69, 9.17) is 10.5 Å². The summed E-state index contributed by atoms with van der Waals surface area (Å²) in [6.45, 7) is 4.68. The Labute approximate surface area is 162 Å². The van der Waals surface area contributed by atoms with Gasteiger partial charge in [-0.1, -0.05) is 0 Å². The summed E-state index contributed by atoms with van der Waals surface area (Å²) in [6.07, 6.45) is 0. The van der Waals surface area contributed by atoms with Crippen molar-refractivity contribution in [3.05, 3.63) is 36.0 Å². The lowest BCUT2D eigenvalue weighted by Crippen LogP contribution is -2.31. The van der Waals surface area contributed by atoms with Gasteiger partial charge in [0.15, 0.2) is 5.82 Å². The van der Waals surface area contributed by atoms with Gasteiger partial charge in [0.05, 0.1) is 12.3 Å². The Balaban J connectivity index is 2.07. The molecule has 0 fully saturated rings. The van der Waals surface area contributed by atoms with Crippen molar-refractivity contribution < 1.29 is 14.1 Å². The van der Waals surface area contributed by atoms with E-state index in [9.17, 15) is 9.35 Å². The van der Waals surface area contributed by atoms with Gasteiger partial charge in [0.1, 0.15) is 16.8 Å². The van der Waals surface area contributed by atoms with Crippen molar-refractivity contribution in [2.75, 3.05) is 31.3 Å². The van der Waals surface area contributed by atoms with Gasteiger partial charge in [-0.25, -0.2) is 14.8 Å². The first-order chi connectivity index (χ1) is 12.9. The van der Waals surface area contributed by atoms with Gasteiger partial charge in [-0.15, -0.1) is 0 Å². The van der Waals surface area contributed by atoms with Crippen LogP contribution in [-0.4, -0.2) is 46.1 Å². The van der Waals surface area contributed by atoms with E-state index in [1.54, 1.807) is 37.4 Å². The Kier molecular flexibility index (Phi) is 7.83. The molecule has 2 aromatic rings. The highest BCUT2D eigenvalue weighted by atomic mass is 32.2. The van der Waals surface area contributed by atoms with Gasteiger partial charge in [-0.3, -0.25) is 0 Å². The molecule has 0 aliphatic carbocycles. The Morgan fingerprint density at radius 3 is 2.63 bits per heavy atom. The molecule has 0 bridgehead atoms. The van der Waals surface area contributed by atoms with Crippen LogP contribution >= 0.6 is 0 Å². The molecule has 0 spiro atoms. The lowest BCUT2D eigenvalue weighted by Gasteiger charge is -2.14. The second kappa shape index (κ2) is 10.1. The van der Waals surface area contributed by atoms with Crippen LogP contribution in [0.3, 0.4) is 0 Å². The van der Waals surface area contributed by atoms with E-state index in [0.29, 0.717) is 41.9 Å². The Morgan fingerprint density at radius 2 is 2.00 bits per heavy atom. The SMILES string of the molecule is COCCNC(=O)Nc1ccc(-c2nc(N)cc(C[S+]([O-])C(C)C)n2)cc1. The van der Waals surface area contributed by atoms with Crippen molar-refractivity contribution in [3.63, 3.8) is 0 Å². The number of benzene rings is 1. The topological polar surface area (TPSA) is 125 Å². The molecule has 0 saturated carbocycles. The third kappa shape index (κ3) is 6.70. The summed E-state index contributed by atoms with van der Waals surface area (Å²) in [4.78, 5) is 20.5. The van der Waals surface area contributed by atoms with Crippen LogP contribution in [0.25, 0.3) is 11.4 Å². The summed E-state index contributed by atoms with van der Waals surface area (Å²) in [5.41, 5.74) is 7.91. The molecule has 2 rings (SSSR count). The van der Waals surface area contributed by atoms with E-state index in [1.807, 2.05) is 13.8 Å². The third-order valence-corrected chi connectivity index (χ3v) is 5.24. The average Bonchev–Trinajstić information content (AvgIpc) is 2.62. The van der Waals surface area contributed by atoms with Gasteiger partial charge in [0, 0.05) is 31.0 Å². The van der Waals surface area contributed by atoms with Crippen molar-refractivity contribution in [2.24, 2.45) is 0 Å². The molecular weight excluding hydrogens is 366 g/mol. The molecule has 0 aliphatic heterocycles. The molecule has 1 heterocycles. The molecule has 1 aromatic heterocycles. The lowest BCUT2D eigenvalue weighted by atomic mass is 10.2. The smallest absolute Gasteiger partial charge is 0.319 e. The summed E-state index contributed by atoms with van der Waals surface area (Å²) in [5, 5.41) is 5.45. The summed E-state index contributed by atoms with van der Waals surface area (Å²) >= 11 is -1.02. The first kappa shape index (κ1) is 20.9. The summed E-state index contributed by atoms with van der Waals surface area (Å²) in [5.74, 6) is 1.12. The van der Waals surface area contributed by atoms with Crippen LogP contribution in [0.15, 0.2) is 30.3 Å². The van der Waals surface area contributed by atoms with Crippen molar-refractivity contribution in [3.8, 4) is 11.4 Å². The number of carbonyl (C=O) groups excluding carboxylic acids is 1. The maximum atomic E-state index is 12.1.